The Morgan fingerprint density at radius 3 is 3.07 bits per heavy atom. The molecule has 0 aliphatic heterocycles. The highest BCUT2D eigenvalue weighted by Gasteiger charge is 2.06. The maximum absolute atomic E-state index is 8.97. The normalized spacial score (nSPS) is 10.7. The lowest BCUT2D eigenvalue weighted by atomic mass is 10.4. The van der Waals surface area contributed by atoms with E-state index in [0.717, 1.165) is 5.69 Å². The van der Waals surface area contributed by atoms with Gasteiger partial charge in [0.25, 0.3) is 0 Å². The fourth-order valence-corrected chi connectivity index (χ4v) is 1.94. The third-order valence-electron chi connectivity index (χ3n) is 2.00. The highest BCUT2D eigenvalue weighted by atomic mass is 32.1. The van der Waals surface area contributed by atoms with E-state index in [0.29, 0.717) is 12.4 Å². The number of aromatic nitrogens is 4. The molecule has 6 heteroatoms. The largest absolute Gasteiger partial charge is 0.388 e. The maximum Gasteiger partial charge on any atom is 0.158 e. The molecule has 0 atom stereocenters. The number of rotatable bonds is 3. The van der Waals surface area contributed by atoms with Gasteiger partial charge in [-0.3, -0.25) is 0 Å². The highest BCUT2D eigenvalue weighted by molar-refractivity contribution is 7.09. The average molecular weight is 210 g/mol. The summed E-state index contributed by atoms with van der Waals surface area (Å²) in [5, 5.41) is 16.5. The van der Waals surface area contributed by atoms with Crippen molar-refractivity contribution in [3.8, 4) is 0 Å². The summed E-state index contributed by atoms with van der Waals surface area (Å²) in [6.45, 7) is 2.56. The van der Waals surface area contributed by atoms with Crippen molar-refractivity contribution in [1.82, 2.24) is 19.7 Å². The molecule has 2 aromatic rings. The van der Waals surface area contributed by atoms with Crippen LogP contribution in [0.15, 0.2) is 11.8 Å². The molecule has 0 aromatic carbocycles. The van der Waals surface area contributed by atoms with Gasteiger partial charge in [0.15, 0.2) is 5.82 Å². The van der Waals surface area contributed by atoms with Crippen LogP contribution in [0.3, 0.4) is 0 Å². The van der Waals surface area contributed by atoms with E-state index in [-0.39, 0.29) is 6.61 Å². The number of hydrogen-bond acceptors (Lipinski definition) is 5. The van der Waals surface area contributed by atoms with Crippen LogP contribution in [-0.4, -0.2) is 24.9 Å². The molecule has 2 heterocycles. The molecular weight excluding hydrogens is 200 g/mol. The first kappa shape index (κ1) is 9.29. The zero-order valence-electron chi connectivity index (χ0n) is 7.71. The van der Waals surface area contributed by atoms with Gasteiger partial charge in [-0.25, -0.2) is 4.98 Å². The zero-order valence-corrected chi connectivity index (χ0v) is 8.53. The summed E-state index contributed by atoms with van der Waals surface area (Å²) in [4.78, 5) is 5.32. The Kier molecular flexibility index (Phi) is 2.55. The molecule has 0 aliphatic carbocycles. The number of hydrogen-bond donors (Lipinski definition) is 1. The minimum Gasteiger partial charge on any atom is -0.388 e. The van der Waals surface area contributed by atoms with Crippen molar-refractivity contribution < 1.29 is 5.11 Å². The summed E-state index contributed by atoms with van der Waals surface area (Å²) in [5.74, 6) is 0.581. The van der Waals surface area contributed by atoms with E-state index >= 15 is 0 Å². The van der Waals surface area contributed by atoms with E-state index in [2.05, 4.69) is 15.2 Å². The van der Waals surface area contributed by atoms with Crippen LogP contribution in [-0.2, 0) is 13.2 Å². The number of aliphatic hydroxyl groups excluding tert-OH is 1. The summed E-state index contributed by atoms with van der Waals surface area (Å²) < 4.78 is 1.82. The fraction of sp³-hybridized carbons (Fsp3) is 0.375. The predicted molar refractivity (Wildman–Crippen MR) is 51.9 cm³/mol. The van der Waals surface area contributed by atoms with Crippen LogP contribution < -0.4 is 0 Å². The van der Waals surface area contributed by atoms with Crippen LogP contribution in [0.5, 0.6) is 0 Å². The third-order valence-corrected chi connectivity index (χ3v) is 2.92. The van der Waals surface area contributed by atoms with Gasteiger partial charge in [0.1, 0.15) is 12.9 Å². The first-order valence-electron chi connectivity index (χ1n) is 4.17. The molecule has 2 aromatic heterocycles. The minimum absolute atomic E-state index is 0.0855. The molecule has 0 aliphatic rings. The Bertz CT molecular complexity index is 422. The van der Waals surface area contributed by atoms with Gasteiger partial charge in [-0.15, -0.1) is 21.5 Å². The van der Waals surface area contributed by atoms with Crippen LogP contribution in [0.25, 0.3) is 0 Å². The van der Waals surface area contributed by atoms with Gasteiger partial charge < -0.3 is 9.67 Å². The molecule has 0 spiro atoms. The number of nitrogens with zero attached hydrogens (tertiary/aromatic N) is 4. The lowest BCUT2D eigenvalue weighted by Crippen LogP contribution is -2.03. The van der Waals surface area contributed by atoms with Gasteiger partial charge in [0, 0.05) is 4.88 Å². The van der Waals surface area contributed by atoms with Crippen LogP contribution in [0.4, 0.5) is 0 Å². The third kappa shape index (κ3) is 1.66. The van der Waals surface area contributed by atoms with E-state index in [1.165, 1.54) is 4.88 Å². The zero-order chi connectivity index (χ0) is 9.97. The Labute approximate surface area is 85.1 Å². The van der Waals surface area contributed by atoms with Gasteiger partial charge in [0.05, 0.1) is 17.7 Å². The number of aryl methyl sites for hydroxylation is 1. The average Bonchev–Trinajstić information content (AvgIpc) is 2.77. The molecule has 0 radical (unpaired) electrons. The van der Waals surface area contributed by atoms with E-state index in [9.17, 15) is 0 Å². The van der Waals surface area contributed by atoms with Crippen LogP contribution in [0.2, 0.25) is 0 Å². The van der Waals surface area contributed by atoms with Gasteiger partial charge in [0.2, 0.25) is 0 Å². The molecule has 0 unspecified atom stereocenters. The summed E-state index contributed by atoms with van der Waals surface area (Å²) in [6, 6.07) is 0. The van der Waals surface area contributed by atoms with E-state index in [1.807, 2.05) is 17.0 Å². The Balaban J connectivity index is 2.22. The molecule has 0 saturated carbocycles. The number of aliphatic hydroxyl groups is 1. The second kappa shape index (κ2) is 3.85. The van der Waals surface area contributed by atoms with E-state index in [1.54, 1.807) is 17.7 Å². The standard InChI is InChI=1S/C8H10N4OS/c1-6-7(14-5-9-6)2-12-4-10-11-8(12)3-13/h4-5,13H,2-3H2,1H3. The molecule has 0 fully saturated rings. The van der Waals surface area contributed by atoms with Crippen molar-refractivity contribution in [3.05, 3.63) is 28.2 Å². The van der Waals surface area contributed by atoms with Crippen LogP contribution >= 0.6 is 11.3 Å². The Morgan fingerprint density at radius 2 is 2.43 bits per heavy atom. The quantitative estimate of drug-likeness (QED) is 0.805. The molecule has 1 N–H and O–H groups in total. The summed E-state index contributed by atoms with van der Waals surface area (Å²) >= 11 is 1.60. The molecule has 0 bridgehead atoms. The topological polar surface area (TPSA) is 63.8 Å². The Hall–Kier alpha value is -1.27. The van der Waals surface area contributed by atoms with Gasteiger partial charge in [-0.2, -0.15) is 0 Å². The first-order valence-corrected chi connectivity index (χ1v) is 5.05. The lowest BCUT2D eigenvalue weighted by Gasteiger charge is -2.02. The predicted octanol–water partition coefficient (Wildman–Crippen LogP) is 0.584. The van der Waals surface area contributed by atoms with E-state index < -0.39 is 0 Å². The van der Waals surface area contributed by atoms with Gasteiger partial charge in [-0.05, 0) is 6.92 Å². The summed E-state index contributed by atoms with van der Waals surface area (Å²) in [5.41, 5.74) is 2.83. The molecule has 5 nitrogen and oxygen atoms in total. The maximum atomic E-state index is 8.97. The summed E-state index contributed by atoms with van der Waals surface area (Å²) in [6.07, 6.45) is 1.62. The smallest absolute Gasteiger partial charge is 0.158 e. The Morgan fingerprint density at radius 1 is 1.57 bits per heavy atom. The van der Waals surface area contributed by atoms with E-state index in [4.69, 9.17) is 5.11 Å². The monoisotopic (exact) mass is 210 g/mol. The van der Waals surface area contributed by atoms with Gasteiger partial charge >= 0.3 is 0 Å². The lowest BCUT2D eigenvalue weighted by molar-refractivity contribution is 0.265. The molecule has 14 heavy (non-hydrogen) atoms. The molecule has 0 saturated heterocycles. The van der Waals surface area contributed by atoms with Crippen molar-refractivity contribution in [2.45, 2.75) is 20.1 Å². The molecular formula is C8H10N4OS. The van der Waals surface area contributed by atoms with Crippen LogP contribution in [0.1, 0.15) is 16.4 Å². The first-order chi connectivity index (χ1) is 6.81. The van der Waals surface area contributed by atoms with Crippen molar-refractivity contribution in [3.63, 3.8) is 0 Å². The van der Waals surface area contributed by atoms with Crippen molar-refractivity contribution in [2.24, 2.45) is 0 Å². The van der Waals surface area contributed by atoms with Crippen LogP contribution in [0, 0.1) is 6.92 Å². The molecule has 74 valence electrons. The highest BCUT2D eigenvalue weighted by Crippen LogP contribution is 2.14. The van der Waals surface area contributed by atoms with Crippen molar-refractivity contribution in [1.29, 1.82) is 0 Å². The van der Waals surface area contributed by atoms with Gasteiger partial charge in [-0.1, -0.05) is 0 Å². The van der Waals surface area contributed by atoms with Crippen molar-refractivity contribution in [2.75, 3.05) is 0 Å². The second-order valence-electron chi connectivity index (χ2n) is 2.89. The molecule has 2 rings (SSSR count). The van der Waals surface area contributed by atoms with Crippen molar-refractivity contribution >= 4 is 11.3 Å². The fourth-order valence-electron chi connectivity index (χ4n) is 1.17. The number of thiazole rings is 1. The second-order valence-corrected chi connectivity index (χ2v) is 3.83. The SMILES string of the molecule is Cc1ncsc1Cn1cnnc1CO. The molecule has 0 amide bonds. The summed E-state index contributed by atoms with van der Waals surface area (Å²) in [7, 11) is 0. The minimum atomic E-state index is -0.0855.